The summed E-state index contributed by atoms with van der Waals surface area (Å²) < 4.78 is 1.04. The van der Waals surface area contributed by atoms with E-state index in [1.54, 1.807) is 16.7 Å². The largest absolute Gasteiger partial charge is 0.352 e. The monoisotopic (exact) mass is 490 g/mol. The second-order valence-corrected chi connectivity index (χ2v) is 9.34. The summed E-state index contributed by atoms with van der Waals surface area (Å²) in [5.41, 5.74) is 2.33. The number of benzene rings is 2. The lowest BCUT2D eigenvalue weighted by molar-refractivity contribution is -0.138. The molecule has 2 aromatic rings. The number of thioether (sulfide) groups is 1. The fourth-order valence-electron chi connectivity index (χ4n) is 2.96. The molecule has 0 spiro atoms. The Hall–Kier alpha value is -1.79. The predicted octanol–water partition coefficient (Wildman–Crippen LogP) is 5.06. The highest BCUT2D eigenvalue weighted by Gasteiger charge is 2.26. The maximum atomic E-state index is 13.0. The molecule has 2 amide bonds. The molecule has 30 heavy (non-hydrogen) atoms. The van der Waals surface area contributed by atoms with Gasteiger partial charge in [0.15, 0.2) is 0 Å². The van der Waals surface area contributed by atoms with Gasteiger partial charge >= 0.3 is 0 Å². The molecule has 2 aromatic carbocycles. The number of hydrogen-bond donors (Lipinski definition) is 1. The summed E-state index contributed by atoms with van der Waals surface area (Å²) in [4.78, 5) is 27.4. The summed E-state index contributed by atoms with van der Waals surface area (Å²) in [6.45, 7) is 6.36. The molecule has 0 unspecified atom stereocenters. The van der Waals surface area contributed by atoms with Crippen LogP contribution < -0.4 is 5.32 Å². The van der Waals surface area contributed by atoms with Crippen LogP contribution in [-0.2, 0) is 21.8 Å². The molecule has 0 heterocycles. The lowest BCUT2D eigenvalue weighted by atomic mass is 10.1. The van der Waals surface area contributed by atoms with Crippen LogP contribution in [0.3, 0.4) is 0 Å². The van der Waals surface area contributed by atoms with Crippen molar-refractivity contribution in [1.82, 2.24) is 10.2 Å². The summed E-state index contributed by atoms with van der Waals surface area (Å²) in [6, 6.07) is 17.8. The van der Waals surface area contributed by atoms with Gasteiger partial charge in [0.2, 0.25) is 11.8 Å². The molecule has 0 saturated heterocycles. The highest BCUT2D eigenvalue weighted by Crippen LogP contribution is 2.17. The van der Waals surface area contributed by atoms with Gasteiger partial charge in [-0.05, 0) is 49.9 Å². The summed E-state index contributed by atoms with van der Waals surface area (Å²) in [5.74, 6) is 1.02. The summed E-state index contributed by atoms with van der Waals surface area (Å²) in [5, 5.41) is 3.01. The highest BCUT2D eigenvalue weighted by molar-refractivity contribution is 9.10. The average molecular weight is 491 g/mol. The number of amides is 2. The topological polar surface area (TPSA) is 49.4 Å². The van der Waals surface area contributed by atoms with Crippen molar-refractivity contribution in [3.05, 3.63) is 70.2 Å². The predicted molar refractivity (Wildman–Crippen MR) is 130 cm³/mol. The summed E-state index contributed by atoms with van der Waals surface area (Å²) in [6.07, 6.45) is 1.59. The van der Waals surface area contributed by atoms with E-state index < -0.39 is 6.04 Å². The van der Waals surface area contributed by atoms with Gasteiger partial charge in [-0.3, -0.25) is 9.59 Å². The molecule has 0 fully saturated rings. The molecule has 0 aliphatic rings. The lowest BCUT2D eigenvalue weighted by Crippen LogP contribution is -2.51. The van der Waals surface area contributed by atoms with Crippen molar-refractivity contribution < 1.29 is 9.59 Å². The van der Waals surface area contributed by atoms with E-state index in [0.29, 0.717) is 12.3 Å². The van der Waals surface area contributed by atoms with E-state index in [0.717, 1.165) is 28.6 Å². The zero-order valence-electron chi connectivity index (χ0n) is 17.9. The third kappa shape index (κ3) is 8.15. The van der Waals surface area contributed by atoms with Crippen LogP contribution in [0.5, 0.6) is 0 Å². The number of carbonyl (C=O) groups is 2. The fraction of sp³-hybridized carbons (Fsp3) is 0.417. The first-order valence-corrected chi connectivity index (χ1v) is 12.3. The first-order valence-electron chi connectivity index (χ1n) is 10.4. The quantitative estimate of drug-likeness (QED) is 0.478. The average Bonchev–Trinajstić information content (AvgIpc) is 2.75. The van der Waals surface area contributed by atoms with Crippen molar-refractivity contribution in [3.8, 4) is 0 Å². The van der Waals surface area contributed by atoms with E-state index in [-0.39, 0.29) is 17.9 Å². The fourth-order valence-corrected chi connectivity index (χ4v) is 4.09. The van der Waals surface area contributed by atoms with E-state index in [1.807, 2.05) is 51.1 Å². The van der Waals surface area contributed by atoms with Gasteiger partial charge in [-0.15, -0.1) is 11.8 Å². The van der Waals surface area contributed by atoms with Crippen molar-refractivity contribution in [2.24, 2.45) is 0 Å². The number of nitrogens with zero attached hydrogens (tertiary/aromatic N) is 1. The molecule has 0 bridgehead atoms. The Labute approximate surface area is 192 Å². The second-order valence-electron chi connectivity index (χ2n) is 7.44. The third-order valence-electron chi connectivity index (χ3n) is 5.06. The van der Waals surface area contributed by atoms with Crippen molar-refractivity contribution in [2.75, 3.05) is 12.3 Å². The zero-order valence-corrected chi connectivity index (χ0v) is 20.3. The van der Waals surface area contributed by atoms with Gasteiger partial charge in [-0.2, -0.15) is 0 Å². The first kappa shape index (κ1) is 24.5. The maximum absolute atomic E-state index is 13.0. The first-order chi connectivity index (χ1) is 14.4. The van der Waals surface area contributed by atoms with Crippen molar-refractivity contribution >= 4 is 39.5 Å². The van der Waals surface area contributed by atoms with Crippen LogP contribution in [0.1, 0.15) is 38.3 Å². The minimum absolute atomic E-state index is 0.000144. The van der Waals surface area contributed by atoms with Crippen molar-refractivity contribution in [2.45, 2.75) is 51.4 Å². The molecule has 6 heteroatoms. The lowest BCUT2D eigenvalue weighted by Gasteiger charge is -2.29. The highest BCUT2D eigenvalue weighted by atomic mass is 79.9. The minimum atomic E-state index is -0.497. The Balaban J connectivity index is 1.99. The van der Waals surface area contributed by atoms with Crippen LogP contribution in [-0.4, -0.2) is 41.1 Å². The number of hydrogen-bond acceptors (Lipinski definition) is 3. The van der Waals surface area contributed by atoms with E-state index in [4.69, 9.17) is 0 Å². The van der Waals surface area contributed by atoms with Crippen LogP contribution in [0.25, 0.3) is 0 Å². The summed E-state index contributed by atoms with van der Waals surface area (Å²) >= 11 is 5.02. The molecule has 0 saturated carbocycles. The number of carbonyl (C=O) groups excluding carboxylic acids is 2. The van der Waals surface area contributed by atoms with E-state index in [1.165, 1.54) is 5.56 Å². The Morgan fingerprint density at radius 1 is 1.03 bits per heavy atom. The van der Waals surface area contributed by atoms with Crippen LogP contribution in [0.2, 0.25) is 0 Å². The molecule has 0 aliphatic heterocycles. The van der Waals surface area contributed by atoms with E-state index >= 15 is 0 Å². The Kier molecular flexibility index (Phi) is 10.4. The third-order valence-corrected chi connectivity index (χ3v) is 6.58. The van der Waals surface area contributed by atoms with Crippen LogP contribution in [0.4, 0.5) is 0 Å². The SMILES string of the molecule is CC[C@H](C)NC(=O)[C@H](C)N(CCc1ccccc1)C(=O)CSCc1ccc(Br)cc1. The second kappa shape index (κ2) is 12.8. The van der Waals surface area contributed by atoms with E-state index in [2.05, 4.69) is 45.5 Å². The van der Waals surface area contributed by atoms with Gasteiger partial charge < -0.3 is 10.2 Å². The van der Waals surface area contributed by atoms with Crippen LogP contribution in [0, 0.1) is 0 Å². The zero-order chi connectivity index (χ0) is 21.9. The molecule has 4 nitrogen and oxygen atoms in total. The van der Waals surface area contributed by atoms with Gasteiger partial charge in [0.05, 0.1) is 5.75 Å². The van der Waals surface area contributed by atoms with Gasteiger partial charge in [-0.1, -0.05) is 65.3 Å². The van der Waals surface area contributed by atoms with Crippen molar-refractivity contribution in [1.29, 1.82) is 0 Å². The number of halogens is 1. The van der Waals surface area contributed by atoms with Crippen LogP contribution in [0.15, 0.2) is 59.1 Å². The molecule has 0 aromatic heterocycles. The maximum Gasteiger partial charge on any atom is 0.242 e. The summed E-state index contributed by atoms with van der Waals surface area (Å²) in [7, 11) is 0. The van der Waals surface area contributed by atoms with Gasteiger partial charge in [0, 0.05) is 22.8 Å². The smallest absolute Gasteiger partial charge is 0.242 e. The molecule has 2 atom stereocenters. The standard InChI is InChI=1S/C24H31BrN2O2S/c1-4-18(2)26-24(29)19(3)27(15-14-20-8-6-5-7-9-20)23(28)17-30-16-21-10-12-22(25)13-11-21/h5-13,18-19H,4,14-17H2,1-3H3,(H,26,29)/t18-,19-/m0/s1. The van der Waals surface area contributed by atoms with E-state index in [9.17, 15) is 9.59 Å². The Bertz CT molecular complexity index is 799. The van der Waals surface area contributed by atoms with Crippen molar-refractivity contribution in [3.63, 3.8) is 0 Å². The molecule has 0 radical (unpaired) electrons. The minimum Gasteiger partial charge on any atom is -0.352 e. The van der Waals surface area contributed by atoms with Gasteiger partial charge in [0.25, 0.3) is 0 Å². The Morgan fingerprint density at radius 3 is 2.33 bits per heavy atom. The molecule has 1 N–H and O–H groups in total. The van der Waals surface area contributed by atoms with Gasteiger partial charge in [-0.25, -0.2) is 0 Å². The normalized spacial score (nSPS) is 12.8. The van der Waals surface area contributed by atoms with Crippen LogP contribution >= 0.6 is 27.7 Å². The number of nitrogens with one attached hydrogen (secondary N) is 1. The molecule has 2 rings (SSSR count). The molecular formula is C24H31BrN2O2S. The molecule has 0 aliphatic carbocycles. The number of rotatable bonds is 11. The molecule has 162 valence electrons. The van der Waals surface area contributed by atoms with Gasteiger partial charge in [0.1, 0.15) is 6.04 Å². The molecular weight excluding hydrogens is 460 g/mol. The Morgan fingerprint density at radius 2 is 1.70 bits per heavy atom.